The summed E-state index contributed by atoms with van der Waals surface area (Å²) in [6, 6.07) is 0.542. The topological polar surface area (TPSA) is 63.8 Å². The Morgan fingerprint density at radius 2 is 1.95 bits per heavy atom. The highest BCUT2D eigenvalue weighted by Crippen LogP contribution is 2.28. The van der Waals surface area contributed by atoms with Gasteiger partial charge in [0.25, 0.3) is 0 Å². The number of nitrogen functional groups attached to an aromatic ring is 1. The minimum Gasteiger partial charge on any atom is -0.381 e. The van der Waals surface area contributed by atoms with Gasteiger partial charge >= 0.3 is 0 Å². The van der Waals surface area contributed by atoms with Crippen LogP contribution in [0.15, 0.2) is 6.07 Å². The lowest BCUT2D eigenvalue weighted by Gasteiger charge is -2.14. The normalized spacial score (nSPS) is 12.5. The second-order valence-electron chi connectivity index (χ2n) is 4.23. The molecule has 0 spiro atoms. The Morgan fingerprint density at radius 1 is 1.26 bits per heavy atom. The van der Waals surface area contributed by atoms with Gasteiger partial charge in [0.1, 0.15) is 0 Å². The predicted octanol–water partition coefficient (Wildman–Crippen LogP) is 3.19. The third-order valence-corrected chi connectivity index (χ3v) is 3.90. The van der Waals surface area contributed by atoms with E-state index in [9.17, 15) is 8.78 Å². The zero-order valence-corrected chi connectivity index (χ0v) is 11.6. The molecule has 0 radical (unpaired) electrons. The van der Waals surface area contributed by atoms with E-state index in [1.54, 1.807) is 0 Å². The summed E-state index contributed by atoms with van der Waals surface area (Å²) >= 11 is 1.53. The number of thiazole rings is 1. The molecule has 2 rings (SSSR count). The molecule has 0 fully saturated rings. The number of nitrogens with one attached hydrogen (secondary N) is 1. The minimum absolute atomic E-state index is 0.0585. The highest BCUT2D eigenvalue weighted by molar-refractivity contribution is 7.11. The lowest BCUT2D eigenvalue weighted by molar-refractivity contribution is 0.578. The molecular weight excluding hydrogens is 270 g/mol. The molecule has 0 saturated heterocycles. The van der Waals surface area contributed by atoms with Gasteiger partial charge in [-0.05, 0) is 20.8 Å². The van der Waals surface area contributed by atoms with E-state index in [0.717, 1.165) is 21.6 Å². The standard InChI is InChI=1S/C12H14F2N4S/c1-5-10(19-7(3)16-5)6(2)17-12-9(14)4-8(13)11(15)18-12/h4,6H,1-3H3,(H3,15,17,18). The van der Waals surface area contributed by atoms with Crippen molar-refractivity contribution in [1.29, 1.82) is 0 Å². The first-order valence-corrected chi connectivity index (χ1v) is 6.52. The molecule has 0 saturated carbocycles. The Bertz CT molecular complexity index is 612. The molecular formula is C12H14F2N4S. The Hall–Kier alpha value is -1.76. The molecule has 0 aliphatic carbocycles. The van der Waals surface area contributed by atoms with Crippen molar-refractivity contribution in [3.63, 3.8) is 0 Å². The Morgan fingerprint density at radius 3 is 2.53 bits per heavy atom. The van der Waals surface area contributed by atoms with Crippen LogP contribution in [0.4, 0.5) is 20.4 Å². The molecule has 0 aliphatic heterocycles. The summed E-state index contributed by atoms with van der Waals surface area (Å²) in [5, 5.41) is 3.82. The fraction of sp³-hybridized carbons (Fsp3) is 0.333. The summed E-state index contributed by atoms with van der Waals surface area (Å²) in [4.78, 5) is 8.97. The summed E-state index contributed by atoms with van der Waals surface area (Å²) in [5.41, 5.74) is 6.22. The SMILES string of the molecule is Cc1nc(C)c(C(C)Nc2nc(N)c(F)cc2F)s1. The molecule has 1 unspecified atom stereocenters. The third-order valence-electron chi connectivity index (χ3n) is 2.64. The van der Waals surface area contributed by atoms with Crippen molar-refractivity contribution in [2.45, 2.75) is 26.8 Å². The van der Waals surface area contributed by atoms with Crippen molar-refractivity contribution in [2.24, 2.45) is 0 Å². The number of halogens is 2. The molecule has 2 aromatic heterocycles. The second kappa shape index (κ2) is 5.08. The molecule has 1 atom stereocenters. The summed E-state index contributed by atoms with van der Waals surface area (Å²) in [6.45, 7) is 5.66. The van der Waals surface area contributed by atoms with Gasteiger partial charge in [0.2, 0.25) is 0 Å². The van der Waals surface area contributed by atoms with Crippen LogP contribution in [0.5, 0.6) is 0 Å². The minimum atomic E-state index is -0.861. The second-order valence-corrected chi connectivity index (χ2v) is 5.47. The first-order chi connectivity index (χ1) is 8.88. The van der Waals surface area contributed by atoms with Crippen LogP contribution in [0.2, 0.25) is 0 Å². The molecule has 0 aliphatic rings. The van der Waals surface area contributed by atoms with Crippen LogP contribution in [0.1, 0.15) is 28.5 Å². The van der Waals surface area contributed by atoms with Crippen LogP contribution in [-0.2, 0) is 0 Å². The summed E-state index contributed by atoms with van der Waals surface area (Å²) in [7, 11) is 0. The molecule has 0 aromatic carbocycles. The van der Waals surface area contributed by atoms with Crippen LogP contribution in [0.3, 0.4) is 0 Å². The van der Waals surface area contributed by atoms with E-state index in [1.165, 1.54) is 11.3 Å². The van der Waals surface area contributed by atoms with Crippen molar-refractivity contribution in [2.75, 3.05) is 11.1 Å². The maximum absolute atomic E-state index is 13.6. The number of rotatable bonds is 3. The monoisotopic (exact) mass is 284 g/mol. The number of nitrogens with two attached hydrogens (primary N) is 1. The fourth-order valence-electron chi connectivity index (χ4n) is 1.80. The number of aryl methyl sites for hydroxylation is 2. The lowest BCUT2D eigenvalue weighted by atomic mass is 10.2. The van der Waals surface area contributed by atoms with Crippen molar-refractivity contribution < 1.29 is 8.78 Å². The molecule has 3 N–H and O–H groups in total. The summed E-state index contributed by atoms with van der Waals surface area (Å²) < 4.78 is 26.6. The Balaban J connectivity index is 2.26. The maximum Gasteiger partial charge on any atom is 0.168 e. The van der Waals surface area contributed by atoms with E-state index in [0.29, 0.717) is 0 Å². The summed E-state index contributed by atoms with van der Waals surface area (Å²) in [6.07, 6.45) is 0. The largest absolute Gasteiger partial charge is 0.381 e. The molecule has 2 aromatic rings. The number of pyridine rings is 1. The van der Waals surface area contributed by atoms with E-state index in [2.05, 4.69) is 15.3 Å². The average molecular weight is 284 g/mol. The highest BCUT2D eigenvalue weighted by Gasteiger charge is 2.16. The van der Waals surface area contributed by atoms with Crippen LogP contribution < -0.4 is 11.1 Å². The molecule has 0 bridgehead atoms. The van der Waals surface area contributed by atoms with Crippen LogP contribution >= 0.6 is 11.3 Å². The van der Waals surface area contributed by atoms with E-state index in [4.69, 9.17) is 5.73 Å². The molecule has 102 valence electrons. The van der Waals surface area contributed by atoms with Crippen molar-refractivity contribution in [1.82, 2.24) is 9.97 Å². The zero-order chi connectivity index (χ0) is 14.2. The van der Waals surface area contributed by atoms with Gasteiger partial charge < -0.3 is 11.1 Å². The van der Waals surface area contributed by atoms with Crippen molar-refractivity contribution >= 4 is 23.0 Å². The molecule has 19 heavy (non-hydrogen) atoms. The molecule has 0 amide bonds. The summed E-state index contributed by atoms with van der Waals surface area (Å²) in [5.74, 6) is -2.01. The average Bonchev–Trinajstić information content (AvgIpc) is 2.65. The quantitative estimate of drug-likeness (QED) is 0.908. The van der Waals surface area contributed by atoms with Crippen LogP contribution in [0, 0.1) is 25.5 Å². The van der Waals surface area contributed by atoms with E-state index in [1.807, 2.05) is 20.8 Å². The van der Waals surface area contributed by atoms with E-state index >= 15 is 0 Å². The zero-order valence-electron chi connectivity index (χ0n) is 10.8. The number of aromatic nitrogens is 2. The Kier molecular flexibility index (Phi) is 3.66. The smallest absolute Gasteiger partial charge is 0.168 e. The van der Waals surface area contributed by atoms with Gasteiger partial charge in [0, 0.05) is 10.9 Å². The number of hydrogen-bond donors (Lipinski definition) is 2. The number of hydrogen-bond acceptors (Lipinski definition) is 5. The molecule has 4 nitrogen and oxygen atoms in total. The van der Waals surface area contributed by atoms with Gasteiger partial charge in [-0.2, -0.15) is 0 Å². The number of nitrogens with zero attached hydrogens (tertiary/aromatic N) is 2. The Labute approximate surface area is 113 Å². The van der Waals surface area contributed by atoms with Crippen LogP contribution in [-0.4, -0.2) is 9.97 Å². The first kappa shape index (κ1) is 13.7. The third kappa shape index (κ3) is 2.81. The van der Waals surface area contributed by atoms with Gasteiger partial charge in [0.05, 0.1) is 16.7 Å². The lowest BCUT2D eigenvalue weighted by Crippen LogP contribution is -2.11. The van der Waals surface area contributed by atoms with E-state index in [-0.39, 0.29) is 17.7 Å². The maximum atomic E-state index is 13.6. The molecule has 7 heteroatoms. The van der Waals surface area contributed by atoms with Gasteiger partial charge in [-0.1, -0.05) is 0 Å². The van der Waals surface area contributed by atoms with Gasteiger partial charge in [-0.3, -0.25) is 0 Å². The van der Waals surface area contributed by atoms with Crippen molar-refractivity contribution in [3.8, 4) is 0 Å². The first-order valence-electron chi connectivity index (χ1n) is 5.70. The predicted molar refractivity (Wildman–Crippen MR) is 72.2 cm³/mol. The van der Waals surface area contributed by atoms with Crippen LogP contribution in [0.25, 0.3) is 0 Å². The van der Waals surface area contributed by atoms with Crippen molar-refractivity contribution in [3.05, 3.63) is 33.3 Å². The molecule has 2 heterocycles. The fourth-order valence-corrected chi connectivity index (χ4v) is 2.73. The van der Waals surface area contributed by atoms with Gasteiger partial charge in [-0.25, -0.2) is 18.7 Å². The van der Waals surface area contributed by atoms with Gasteiger partial charge in [0.15, 0.2) is 23.3 Å². The van der Waals surface area contributed by atoms with E-state index < -0.39 is 11.6 Å². The number of anilines is 2. The highest BCUT2D eigenvalue weighted by atomic mass is 32.1. The van der Waals surface area contributed by atoms with Gasteiger partial charge in [-0.15, -0.1) is 11.3 Å².